The first-order valence-corrected chi connectivity index (χ1v) is 0.500. The van der Waals surface area contributed by atoms with Crippen molar-refractivity contribution < 1.29 is 103 Å². The van der Waals surface area contributed by atoms with Gasteiger partial charge in [-0.1, -0.05) is 0 Å². The Labute approximate surface area is 112 Å². The van der Waals surface area contributed by atoms with Gasteiger partial charge in [0.2, 0.25) is 0 Å². The summed E-state index contributed by atoms with van der Waals surface area (Å²) in [6, 6.07) is 0. The van der Waals surface area contributed by atoms with Crippen molar-refractivity contribution in [3.05, 3.63) is 13.2 Å². The van der Waals surface area contributed by atoms with Crippen LogP contribution in [0.4, 0.5) is 0 Å². The molecule has 0 radical (unpaired) electrons. The molecule has 0 rings (SSSR count). The molecule has 0 saturated heterocycles. The van der Waals surface area contributed by atoms with Crippen LogP contribution in [0.15, 0.2) is 13.2 Å². The fourth-order valence-electron chi connectivity index (χ4n) is 0. The zero-order valence-corrected chi connectivity index (χ0v) is 9.66. The van der Waals surface area contributed by atoms with Crippen LogP contribution in [0, 0.1) is 0 Å². The van der Waals surface area contributed by atoms with Gasteiger partial charge in [0.1, 0.15) is 0 Å². The molecule has 0 saturated carbocycles. The van der Waals surface area contributed by atoms with Crippen molar-refractivity contribution in [1.29, 1.82) is 0 Å². The van der Waals surface area contributed by atoms with Crippen LogP contribution in [-0.2, 0) is 0 Å². The molecule has 0 aliphatic rings. The van der Waals surface area contributed by atoms with Crippen LogP contribution in [0.3, 0.4) is 0 Å². The molecular weight excluding hydrogens is 102 g/mol. The molecule has 0 heterocycles. The van der Waals surface area contributed by atoms with Crippen molar-refractivity contribution in [3.8, 4) is 0 Å². The summed E-state index contributed by atoms with van der Waals surface area (Å²) in [7, 11) is 0. The van der Waals surface area contributed by atoms with Crippen molar-refractivity contribution in [2.24, 2.45) is 0 Å². The average molecular weight is 106 g/mol. The second-order valence-electron chi connectivity index (χ2n) is 0. The minimum Gasteiger partial charge on any atom is -0.106 e. The first-order chi connectivity index (χ1) is 1.00. The molecule has 12 valence electrons. The molecule has 0 aliphatic carbocycles. The van der Waals surface area contributed by atoms with Gasteiger partial charge >= 0.3 is 103 Å². The molecule has 0 nitrogen and oxygen atoms in total. The maximum absolute atomic E-state index is 3.00. The van der Waals surface area contributed by atoms with Gasteiger partial charge in [0.25, 0.3) is 0 Å². The van der Waals surface area contributed by atoms with Crippen LogP contribution in [0.25, 0.3) is 0 Å². The molecule has 0 aromatic heterocycles. The second kappa shape index (κ2) is 16.6. The number of hydrogen-bond donors (Lipinski definition) is 0. The molecule has 0 spiro atoms. The smallest absolute Gasteiger partial charge is 0.106 e. The van der Waals surface area contributed by atoms with Crippen LogP contribution in [0.2, 0.25) is 0 Å². The van der Waals surface area contributed by atoms with Gasteiger partial charge in [-0.2, -0.15) is 0 Å². The van der Waals surface area contributed by atoms with Gasteiger partial charge in [-0.15, -0.1) is 13.2 Å². The van der Waals surface area contributed by atoms with Crippen LogP contribution >= 0.6 is 0 Å². The minimum atomic E-state index is 0. The molecule has 0 aromatic rings. The quantitative estimate of drug-likeness (QED) is 0.214. The normalized spacial score (nSPS) is 1.00. The molecule has 0 fully saturated rings. The topological polar surface area (TPSA) is 0 Å². The summed E-state index contributed by atoms with van der Waals surface area (Å²) in [5.74, 6) is 0. The van der Waals surface area contributed by atoms with E-state index in [4.69, 9.17) is 0 Å². The van der Waals surface area contributed by atoms with Crippen molar-refractivity contribution in [1.82, 2.24) is 0 Å². The Morgan fingerprint density at radius 3 is 0.750 bits per heavy atom. The van der Waals surface area contributed by atoms with Crippen molar-refractivity contribution in [3.63, 3.8) is 0 Å². The third-order valence-corrected chi connectivity index (χ3v) is 0. The standard InChI is InChI=1S/C2H4.2K/c1-2;;/h1-2H2;;/q;2*+1. The Morgan fingerprint density at radius 2 is 0.750 bits per heavy atom. The fourth-order valence-corrected chi connectivity index (χ4v) is 0. The van der Waals surface area contributed by atoms with E-state index in [0.29, 0.717) is 0 Å². The SMILES string of the molecule is C=C.[K+].[K+]. The first kappa shape index (κ1) is 15.7. The summed E-state index contributed by atoms with van der Waals surface area (Å²) in [6.07, 6.45) is 0. The van der Waals surface area contributed by atoms with E-state index in [0.717, 1.165) is 0 Å². The molecule has 0 aromatic carbocycles. The summed E-state index contributed by atoms with van der Waals surface area (Å²) in [5, 5.41) is 0. The van der Waals surface area contributed by atoms with Gasteiger partial charge in [0, 0.05) is 0 Å². The van der Waals surface area contributed by atoms with E-state index < -0.39 is 0 Å². The monoisotopic (exact) mass is 106 g/mol. The molecule has 0 amide bonds. The first-order valence-electron chi connectivity index (χ1n) is 0.500. The summed E-state index contributed by atoms with van der Waals surface area (Å²) < 4.78 is 0. The molecule has 0 unspecified atom stereocenters. The van der Waals surface area contributed by atoms with Crippen LogP contribution in [0.1, 0.15) is 0 Å². The van der Waals surface area contributed by atoms with Gasteiger partial charge in [0.15, 0.2) is 0 Å². The third kappa shape index (κ3) is 8.89. The van der Waals surface area contributed by atoms with Gasteiger partial charge in [-0.25, -0.2) is 0 Å². The Kier molecular flexibility index (Phi) is 65.5. The van der Waals surface area contributed by atoms with E-state index >= 15 is 0 Å². The molecule has 0 N–H and O–H groups in total. The Balaban J connectivity index is -0.00000000500. The fraction of sp³-hybridized carbons (Fsp3) is 0. The molecule has 0 bridgehead atoms. The zero-order chi connectivity index (χ0) is 2.00. The molecule has 0 aliphatic heterocycles. The predicted molar refractivity (Wildman–Crippen MR) is 11.3 cm³/mol. The number of hydrogen-bond acceptors (Lipinski definition) is 0. The molecule has 4 heavy (non-hydrogen) atoms. The summed E-state index contributed by atoms with van der Waals surface area (Å²) in [6.45, 7) is 6.00. The van der Waals surface area contributed by atoms with E-state index in [1.807, 2.05) is 0 Å². The molecule has 2 heteroatoms. The Morgan fingerprint density at radius 1 is 0.750 bits per heavy atom. The van der Waals surface area contributed by atoms with Gasteiger partial charge in [-0.05, 0) is 0 Å². The van der Waals surface area contributed by atoms with Crippen LogP contribution < -0.4 is 103 Å². The van der Waals surface area contributed by atoms with E-state index in [9.17, 15) is 0 Å². The second-order valence-corrected chi connectivity index (χ2v) is 0. The maximum atomic E-state index is 3.00. The molecular formula is C2H4K2+2. The van der Waals surface area contributed by atoms with Crippen LogP contribution in [-0.4, -0.2) is 0 Å². The minimum absolute atomic E-state index is 0. The summed E-state index contributed by atoms with van der Waals surface area (Å²) in [4.78, 5) is 0. The zero-order valence-electron chi connectivity index (χ0n) is 3.41. The largest absolute Gasteiger partial charge is 1.00 e. The maximum Gasteiger partial charge on any atom is 1.00 e. The predicted octanol–water partition coefficient (Wildman–Crippen LogP) is -5.19. The van der Waals surface area contributed by atoms with Gasteiger partial charge in [0.05, 0.1) is 0 Å². The summed E-state index contributed by atoms with van der Waals surface area (Å²) >= 11 is 0. The molecule has 0 atom stereocenters. The summed E-state index contributed by atoms with van der Waals surface area (Å²) in [5.41, 5.74) is 0. The van der Waals surface area contributed by atoms with Crippen LogP contribution in [0.5, 0.6) is 0 Å². The van der Waals surface area contributed by atoms with Gasteiger partial charge in [-0.3, -0.25) is 0 Å². The van der Waals surface area contributed by atoms with E-state index in [1.165, 1.54) is 0 Å². The van der Waals surface area contributed by atoms with Crippen molar-refractivity contribution in [2.75, 3.05) is 0 Å². The number of rotatable bonds is 0. The van der Waals surface area contributed by atoms with Crippen molar-refractivity contribution in [2.45, 2.75) is 0 Å². The van der Waals surface area contributed by atoms with Gasteiger partial charge < -0.3 is 0 Å². The van der Waals surface area contributed by atoms with E-state index in [2.05, 4.69) is 13.2 Å². The third-order valence-electron chi connectivity index (χ3n) is 0. The van der Waals surface area contributed by atoms with E-state index in [1.54, 1.807) is 0 Å². The van der Waals surface area contributed by atoms with E-state index in [-0.39, 0.29) is 103 Å². The van der Waals surface area contributed by atoms with Crippen molar-refractivity contribution >= 4 is 0 Å². The average Bonchev–Trinajstić information content (AvgIpc) is 1.00. The Bertz CT molecular complexity index is 4.00. The Hall–Kier alpha value is 3.01.